The fourth-order valence-electron chi connectivity index (χ4n) is 3.03. The van der Waals surface area contributed by atoms with Crippen LogP contribution in [0.15, 0.2) is 70.0 Å². The highest BCUT2D eigenvalue weighted by molar-refractivity contribution is 9.10. The van der Waals surface area contributed by atoms with E-state index >= 15 is 0 Å². The standard InChI is InChI=1S/C24H24BrN3O4S2/c1-15-4-11-22(17(3)12-15)28-34(30,31)20-8-5-18(6-9-20)26-24(33)27-23(29)14-32-19-7-10-21(25)16(2)13-19/h4-13,28H,14H2,1-3H3,(H2,26,27,29,33). The Balaban J connectivity index is 1.54. The summed E-state index contributed by atoms with van der Waals surface area (Å²) in [4.78, 5) is 12.2. The minimum atomic E-state index is -3.75. The number of halogens is 1. The quantitative estimate of drug-likeness (QED) is 0.348. The van der Waals surface area contributed by atoms with Gasteiger partial charge in [-0.1, -0.05) is 33.6 Å². The molecule has 0 atom stereocenters. The summed E-state index contributed by atoms with van der Waals surface area (Å²) in [7, 11) is -3.75. The number of ether oxygens (including phenoxy) is 1. The molecule has 34 heavy (non-hydrogen) atoms. The zero-order valence-electron chi connectivity index (χ0n) is 18.8. The van der Waals surface area contributed by atoms with Gasteiger partial charge < -0.3 is 10.1 Å². The molecule has 178 valence electrons. The second kappa shape index (κ2) is 11.0. The molecule has 3 aromatic carbocycles. The summed E-state index contributed by atoms with van der Waals surface area (Å²) >= 11 is 8.58. The smallest absolute Gasteiger partial charge is 0.264 e. The van der Waals surface area contributed by atoms with E-state index < -0.39 is 15.9 Å². The minimum absolute atomic E-state index is 0.0737. The lowest BCUT2D eigenvalue weighted by Gasteiger charge is -2.13. The molecule has 3 rings (SSSR count). The van der Waals surface area contributed by atoms with Gasteiger partial charge in [0.25, 0.3) is 15.9 Å². The summed E-state index contributed by atoms with van der Waals surface area (Å²) < 4.78 is 34.5. The van der Waals surface area contributed by atoms with Crippen molar-refractivity contribution in [2.75, 3.05) is 16.6 Å². The zero-order chi connectivity index (χ0) is 24.9. The van der Waals surface area contributed by atoms with Crippen molar-refractivity contribution in [1.29, 1.82) is 0 Å². The number of thiocarbonyl (C=S) groups is 1. The van der Waals surface area contributed by atoms with E-state index in [0.717, 1.165) is 21.2 Å². The van der Waals surface area contributed by atoms with E-state index in [1.54, 1.807) is 24.3 Å². The number of hydrogen-bond donors (Lipinski definition) is 3. The van der Waals surface area contributed by atoms with Gasteiger partial charge in [0.15, 0.2) is 11.7 Å². The molecule has 0 aliphatic heterocycles. The molecule has 0 saturated carbocycles. The molecule has 0 aliphatic carbocycles. The normalized spacial score (nSPS) is 10.9. The van der Waals surface area contributed by atoms with Crippen LogP contribution in [0.5, 0.6) is 5.75 Å². The van der Waals surface area contributed by atoms with E-state index in [1.807, 2.05) is 45.0 Å². The van der Waals surface area contributed by atoms with Gasteiger partial charge in [-0.25, -0.2) is 8.42 Å². The molecule has 10 heteroatoms. The lowest BCUT2D eigenvalue weighted by molar-refractivity contribution is -0.121. The largest absolute Gasteiger partial charge is 0.484 e. The van der Waals surface area contributed by atoms with Crippen LogP contribution in [-0.2, 0) is 14.8 Å². The van der Waals surface area contributed by atoms with Crippen molar-refractivity contribution in [3.8, 4) is 5.75 Å². The fourth-order valence-corrected chi connectivity index (χ4v) is 4.64. The SMILES string of the molecule is Cc1ccc(NS(=O)(=O)c2ccc(NC(=S)NC(=O)COc3ccc(Br)c(C)c3)cc2)c(C)c1. The second-order valence-corrected chi connectivity index (χ2v) is 10.6. The Morgan fingerprint density at radius 1 is 0.971 bits per heavy atom. The average Bonchev–Trinajstić information content (AvgIpc) is 2.77. The summed E-state index contributed by atoms with van der Waals surface area (Å²) in [6.07, 6.45) is 0. The van der Waals surface area contributed by atoms with Gasteiger partial charge in [-0.15, -0.1) is 0 Å². The molecule has 0 saturated heterocycles. The van der Waals surface area contributed by atoms with Gasteiger partial charge in [0.1, 0.15) is 5.75 Å². The van der Waals surface area contributed by atoms with Crippen LogP contribution in [0.25, 0.3) is 0 Å². The highest BCUT2D eigenvalue weighted by Gasteiger charge is 2.15. The van der Waals surface area contributed by atoms with Crippen LogP contribution < -0.4 is 20.1 Å². The van der Waals surface area contributed by atoms with E-state index in [2.05, 4.69) is 31.3 Å². The fraction of sp³-hybridized carbons (Fsp3) is 0.167. The Kier molecular flexibility index (Phi) is 8.29. The molecule has 0 fully saturated rings. The lowest BCUT2D eigenvalue weighted by atomic mass is 10.1. The molecular formula is C24H24BrN3O4S2. The Labute approximate surface area is 213 Å². The zero-order valence-corrected chi connectivity index (χ0v) is 22.0. The highest BCUT2D eigenvalue weighted by Crippen LogP contribution is 2.23. The number of sulfonamides is 1. The van der Waals surface area contributed by atoms with Crippen LogP contribution in [0.1, 0.15) is 16.7 Å². The number of amides is 1. The van der Waals surface area contributed by atoms with Crippen molar-refractivity contribution in [2.45, 2.75) is 25.7 Å². The molecule has 0 unspecified atom stereocenters. The van der Waals surface area contributed by atoms with E-state index in [4.69, 9.17) is 17.0 Å². The Hall–Kier alpha value is -2.95. The molecule has 3 N–H and O–H groups in total. The molecular weight excluding hydrogens is 538 g/mol. The number of carbonyl (C=O) groups is 1. The van der Waals surface area contributed by atoms with Crippen LogP contribution in [0.2, 0.25) is 0 Å². The number of carbonyl (C=O) groups excluding carboxylic acids is 1. The van der Waals surface area contributed by atoms with Crippen molar-refractivity contribution in [2.24, 2.45) is 0 Å². The van der Waals surface area contributed by atoms with Gasteiger partial charge in [-0.3, -0.25) is 14.8 Å². The summed E-state index contributed by atoms with van der Waals surface area (Å²) in [6.45, 7) is 5.51. The molecule has 0 aliphatic rings. The van der Waals surface area contributed by atoms with Crippen molar-refractivity contribution in [1.82, 2.24) is 5.32 Å². The first kappa shape index (κ1) is 25.7. The van der Waals surface area contributed by atoms with Crippen LogP contribution in [0.4, 0.5) is 11.4 Å². The number of hydrogen-bond acceptors (Lipinski definition) is 5. The van der Waals surface area contributed by atoms with E-state index in [0.29, 0.717) is 17.1 Å². The summed E-state index contributed by atoms with van der Waals surface area (Å²) in [5, 5.41) is 5.46. The molecule has 0 heterocycles. The topological polar surface area (TPSA) is 96.5 Å². The van der Waals surface area contributed by atoms with Crippen molar-refractivity contribution in [3.63, 3.8) is 0 Å². The Bertz CT molecular complexity index is 1330. The van der Waals surface area contributed by atoms with Gasteiger partial charge >= 0.3 is 0 Å². The number of aryl methyl sites for hydroxylation is 3. The van der Waals surface area contributed by atoms with E-state index in [9.17, 15) is 13.2 Å². The second-order valence-electron chi connectivity index (χ2n) is 7.65. The minimum Gasteiger partial charge on any atom is -0.484 e. The third kappa shape index (κ3) is 7.02. The van der Waals surface area contributed by atoms with E-state index in [1.165, 1.54) is 12.1 Å². The van der Waals surface area contributed by atoms with Crippen LogP contribution >= 0.6 is 28.1 Å². The average molecular weight is 563 g/mol. The number of benzene rings is 3. The number of rotatable bonds is 7. The van der Waals surface area contributed by atoms with E-state index in [-0.39, 0.29) is 16.6 Å². The summed E-state index contributed by atoms with van der Waals surface area (Å²) in [6, 6.07) is 17.0. The number of nitrogens with one attached hydrogen (secondary N) is 3. The van der Waals surface area contributed by atoms with Crippen molar-refractivity contribution in [3.05, 3.63) is 81.8 Å². The maximum Gasteiger partial charge on any atom is 0.264 e. The van der Waals surface area contributed by atoms with Gasteiger partial charge in [-0.2, -0.15) is 0 Å². The van der Waals surface area contributed by atoms with Gasteiger partial charge in [-0.05, 0) is 92.6 Å². The first-order valence-electron chi connectivity index (χ1n) is 10.2. The third-order valence-electron chi connectivity index (χ3n) is 4.80. The maximum atomic E-state index is 12.7. The first-order chi connectivity index (χ1) is 16.0. The van der Waals surface area contributed by atoms with Crippen LogP contribution in [-0.4, -0.2) is 26.0 Å². The van der Waals surface area contributed by atoms with Gasteiger partial charge in [0.2, 0.25) is 0 Å². The van der Waals surface area contributed by atoms with Gasteiger partial charge in [0, 0.05) is 10.2 Å². The molecule has 0 aromatic heterocycles. The number of anilines is 2. The summed E-state index contributed by atoms with van der Waals surface area (Å²) in [5.74, 6) is 0.149. The summed E-state index contributed by atoms with van der Waals surface area (Å²) in [5.41, 5.74) is 3.93. The van der Waals surface area contributed by atoms with Crippen molar-refractivity contribution < 1.29 is 17.9 Å². The third-order valence-corrected chi connectivity index (χ3v) is 7.28. The van der Waals surface area contributed by atoms with Gasteiger partial charge in [0.05, 0.1) is 10.6 Å². The highest BCUT2D eigenvalue weighted by atomic mass is 79.9. The maximum absolute atomic E-state index is 12.7. The Morgan fingerprint density at radius 2 is 1.68 bits per heavy atom. The Morgan fingerprint density at radius 3 is 2.32 bits per heavy atom. The predicted molar refractivity (Wildman–Crippen MR) is 142 cm³/mol. The molecule has 0 bridgehead atoms. The monoisotopic (exact) mass is 561 g/mol. The van der Waals surface area contributed by atoms with Crippen LogP contribution in [0.3, 0.4) is 0 Å². The predicted octanol–water partition coefficient (Wildman–Crippen LogP) is 5.07. The first-order valence-corrected chi connectivity index (χ1v) is 12.9. The molecule has 7 nitrogen and oxygen atoms in total. The molecule has 1 amide bonds. The molecule has 0 spiro atoms. The van der Waals surface area contributed by atoms with Crippen LogP contribution in [0, 0.1) is 20.8 Å². The molecule has 0 radical (unpaired) electrons. The lowest BCUT2D eigenvalue weighted by Crippen LogP contribution is -2.37. The molecule has 3 aromatic rings. The van der Waals surface area contributed by atoms with Crippen molar-refractivity contribution >= 4 is 60.6 Å².